The predicted molar refractivity (Wildman–Crippen MR) is 82.7 cm³/mol. The van der Waals surface area contributed by atoms with E-state index >= 15 is 0 Å². The molecule has 1 atom stereocenters. The number of aliphatic imine (C=N–C) groups is 1. The van der Waals surface area contributed by atoms with Gasteiger partial charge in [0.05, 0.1) is 5.71 Å². The molecule has 1 unspecified atom stereocenters. The van der Waals surface area contributed by atoms with Gasteiger partial charge >= 0.3 is 0 Å². The Morgan fingerprint density at radius 1 is 1.26 bits per heavy atom. The van der Waals surface area contributed by atoms with E-state index in [0.29, 0.717) is 18.2 Å². The van der Waals surface area contributed by atoms with E-state index in [4.69, 9.17) is 0 Å². The minimum Gasteiger partial charge on any atom is -0.296 e. The molecule has 0 fully saturated rings. The summed E-state index contributed by atoms with van der Waals surface area (Å²) in [5, 5.41) is 0. The fraction of sp³-hybridized carbons (Fsp3) is 0.412. The van der Waals surface area contributed by atoms with Crippen molar-refractivity contribution in [1.82, 2.24) is 0 Å². The number of hydrogen-bond acceptors (Lipinski definition) is 2. The van der Waals surface area contributed by atoms with E-state index in [2.05, 4.69) is 50.0 Å². The molecular weight excluding hydrogens is 234 g/mol. The highest BCUT2D eigenvalue weighted by Gasteiger charge is 1.97. The Labute approximate surface area is 116 Å². The summed E-state index contributed by atoms with van der Waals surface area (Å²) in [4.78, 5) is 15.3. The zero-order valence-electron chi connectivity index (χ0n) is 12.1. The SMILES string of the molecule is CCc1ccc(/C=C/C(C=O)=NCC(C)CC)cc1. The quantitative estimate of drug-likeness (QED) is 0.537. The van der Waals surface area contributed by atoms with E-state index in [-0.39, 0.29) is 0 Å². The zero-order valence-corrected chi connectivity index (χ0v) is 12.1. The van der Waals surface area contributed by atoms with Gasteiger partial charge in [0.15, 0.2) is 6.29 Å². The van der Waals surface area contributed by atoms with Crippen LogP contribution in [0.2, 0.25) is 0 Å². The molecule has 0 amide bonds. The molecule has 0 N–H and O–H groups in total. The van der Waals surface area contributed by atoms with Crippen molar-refractivity contribution in [3.8, 4) is 0 Å². The first-order valence-electron chi connectivity index (χ1n) is 6.96. The summed E-state index contributed by atoms with van der Waals surface area (Å²) >= 11 is 0. The number of benzene rings is 1. The topological polar surface area (TPSA) is 29.4 Å². The second-order valence-corrected chi connectivity index (χ2v) is 4.83. The molecule has 2 nitrogen and oxygen atoms in total. The van der Waals surface area contributed by atoms with Crippen LogP contribution < -0.4 is 0 Å². The van der Waals surface area contributed by atoms with E-state index in [1.807, 2.05) is 6.08 Å². The maximum Gasteiger partial charge on any atom is 0.167 e. The Kier molecular flexibility index (Phi) is 6.80. The molecule has 0 bridgehead atoms. The molecule has 0 heterocycles. The molecule has 1 rings (SSSR count). The fourth-order valence-corrected chi connectivity index (χ4v) is 1.57. The molecule has 0 aromatic heterocycles. The number of aldehydes is 1. The smallest absolute Gasteiger partial charge is 0.167 e. The Morgan fingerprint density at radius 3 is 2.47 bits per heavy atom. The maximum absolute atomic E-state index is 10.9. The van der Waals surface area contributed by atoms with Gasteiger partial charge in [-0.15, -0.1) is 0 Å². The van der Waals surface area contributed by atoms with Crippen LogP contribution in [-0.2, 0) is 11.2 Å². The Morgan fingerprint density at radius 2 is 1.95 bits per heavy atom. The van der Waals surface area contributed by atoms with Gasteiger partial charge in [0, 0.05) is 6.54 Å². The highest BCUT2D eigenvalue weighted by Crippen LogP contribution is 2.07. The van der Waals surface area contributed by atoms with Crippen molar-refractivity contribution in [3.05, 3.63) is 41.5 Å². The van der Waals surface area contributed by atoms with Crippen LogP contribution in [0.3, 0.4) is 0 Å². The number of hydrogen-bond donors (Lipinski definition) is 0. The first-order valence-corrected chi connectivity index (χ1v) is 6.96. The van der Waals surface area contributed by atoms with Gasteiger partial charge in [-0.05, 0) is 29.5 Å². The van der Waals surface area contributed by atoms with Crippen molar-refractivity contribution in [1.29, 1.82) is 0 Å². The number of nitrogens with zero attached hydrogens (tertiary/aromatic N) is 1. The molecule has 102 valence electrons. The van der Waals surface area contributed by atoms with Crippen molar-refractivity contribution in [2.45, 2.75) is 33.6 Å². The number of carbonyl (C=O) groups excluding carboxylic acids is 1. The summed E-state index contributed by atoms with van der Waals surface area (Å²) < 4.78 is 0. The second kappa shape index (κ2) is 8.41. The van der Waals surface area contributed by atoms with Crippen LogP contribution in [0.5, 0.6) is 0 Å². The molecule has 0 spiro atoms. The molecule has 0 aliphatic rings. The molecule has 0 saturated heterocycles. The van der Waals surface area contributed by atoms with Gasteiger partial charge in [-0.2, -0.15) is 0 Å². The molecule has 19 heavy (non-hydrogen) atoms. The van der Waals surface area contributed by atoms with Gasteiger partial charge in [-0.1, -0.05) is 57.5 Å². The number of rotatable bonds is 7. The maximum atomic E-state index is 10.9. The molecule has 0 radical (unpaired) electrons. The van der Waals surface area contributed by atoms with Crippen LogP contribution in [0.4, 0.5) is 0 Å². The largest absolute Gasteiger partial charge is 0.296 e. The molecular formula is C17H23NO. The van der Waals surface area contributed by atoms with Crippen LogP contribution >= 0.6 is 0 Å². The van der Waals surface area contributed by atoms with Crippen LogP contribution in [-0.4, -0.2) is 18.5 Å². The molecule has 0 saturated carbocycles. The lowest BCUT2D eigenvalue weighted by atomic mass is 10.1. The van der Waals surface area contributed by atoms with Crippen LogP contribution in [0, 0.1) is 5.92 Å². The summed E-state index contributed by atoms with van der Waals surface area (Å²) in [5.74, 6) is 0.521. The van der Waals surface area contributed by atoms with E-state index in [9.17, 15) is 4.79 Å². The highest BCUT2D eigenvalue weighted by atomic mass is 16.1. The van der Waals surface area contributed by atoms with E-state index in [1.165, 1.54) is 5.56 Å². The first-order chi connectivity index (χ1) is 9.19. The van der Waals surface area contributed by atoms with E-state index in [0.717, 1.165) is 24.7 Å². The summed E-state index contributed by atoms with van der Waals surface area (Å²) in [7, 11) is 0. The summed E-state index contributed by atoms with van der Waals surface area (Å²) in [6, 6.07) is 8.34. The van der Waals surface area contributed by atoms with Crippen LogP contribution in [0.15, 0.2) is 35.3 Å². The average Bonchev–Trinajstić information content (AvgIpc) is 2.47. The second-order valence-electron chi connectivity index (χ2n) is 4.83. The summed E-state index contributed by atoms with van der Waals surface area (Å²) in [6.07, 6.45) is 6.66. The molecule has 0 aliphatic heterocycles. The first kappa shape index (κ1) is 15.4. The van der Waals surface area contributed by atoms with Crippen molar-refractivity contribution in [2.24, 2.45) is 10.9 Å². The van der Waals surface area contributed by atoms with Gasteiger partial charge in [-0.25, -0.2) is 0 Å². The van der Waals surface area contributed by atoms with Crippen LogP contribution in [0.25, 0.3) is 6.08 Å². The van der Waals surface area contributed by atoms with Crippen molar-refractivity contribution in [2.75, 3.05) is 6.54 Å². The lowest BCUT2D eigenvalue weighted by Crippen LogP contribution is -2.02. The van der Waals surface area contributed by atoms with Gasteiger partial charge in [0.2, 0.25) is 0 Å². The lowest BCUT2D eigenvalue weighted by molar-refractivity contribution is -0.102. The van der Waals surface area contributed by atoms with Gasteiger partial charge in [-0.3, -0.25) is 9.79 Å². The Bertz CT molecular complexity index is 443. The number of carbonyl (C=O) groups is 1. The summed E-state index contributed by atoms with van der Waals surface area (Å²) in [5.41, 5.74) is 2.92. The highest BCUT2D eigenvalue weighted by molar-refractivity contribution is 6.34. The molecule has 1 aromatic carbocycles. The van der Waals surface area contributed by atoms with Gasteiger partial charge in [0.1, 0.15) is 0 Å². The van der Waals surface area contributed by atoms with E-state index < -0.39 is 0 Å². The lowest BCUT2D eigenvalue weighted by Gasteiger charge is -2.03. The third-order valence-electron chi connectivity index (χ3n) is 3.24. The standard InChI is InChI=1S/C17H23NO/c1-4-14(3)12-18-17(13-19)11-10-16-8-6-15(5-2)7-9-16/h6-11,13-14H,4-5,12H2,1-3H3/b11-10+,18-17?. The monoisotopic (exact) mass is 257 g/mol. The van der Waals surface area contributed by atoms with Crippen LogP contribution in [0.1, 0.15) is 38.3 Å². The third kappa shape index (κ3) is 5.64. The zero-order chi connectivity index (χ0) is 14.1. The fourth-order valence-electron chi connectivity index (χ4n) is 1.57. The molecule has 1 aromatic rings. The Balaban J connectivity index is 2.68. The summed E-state index contributed by atoms with van der Waals surface area (Å²) in [6.45, 7) is 7.12. The minimum atomic E-state index is 0.514. The normalized spacial score (nSPS) is 13.7. The minimum absolute atomic E-state index is 0.514. The average molecular weight is 257 g/mol. The molecule has 0 aliphatic carbocycles. The predicted octanol–water partition coefficient (Wildman–Crippen LogP) is 3.95. The third-order valence-corrected chi connectivity index (χ3v) is 3.24. The number of aryl methyl sites for hydroxylation is 1. The van der Waals surface area contributed by atoms with Crippen molar-refractivity contribution >= 4 is 18.1 Å². The number of allylic oxidation sites excluding steroid dienone is 1. The van der Waals surface area contributed by atoms with Crippen molar-refractivity contribution < 1.29 is 4.79 Å². The molecule has 2 heteroatoms. The van der Waals surface area contributed by atoms with E-state index in [1.54, 1.807) is 6.08 Å². The van der Waals surface area contributed by atoms with Crippen molar-refractivity contribution in [3.63, 3.8) is 0 Å². The van der Waals surface area contributed by atoms with Gasteiger partial charge in [0.25, 0.3) is 0 Å². The Hall–Kier alpha value is -1.70. The van der Waals surface area contributed by atoms with Gasteiger partial charge < -0.3 is 0 Å².